The normalized spacial score (nSPS) is 17.6. The van der Waals surface area contributed by atoms with E-state index in [1.54, 1.807) is 7.11 Å². The molecule has 0 aliphatic carbocycles. The van der Waals surface area contributed by atoms with E-state index in [2.05, 4.69) is 32.9 Å². The maximum Gasteiger partial charge on any atom is 0.308 e. The molecular formula is C29H44O5S2. The number of hydrogen-bond acceptors (Lipinski definition) is 7. The van der Waals surface area contributed by atoms with Crippen molar-refractivity contribution in [1.29, 1.82) is 0 Å². The maximum absolute atomic E-state index is 12.2. The van der Waals surface area contributed by atoms with Gasteiger partial charge >= 0.3 is 5.97 Å². The summed E-state index contributed by atoms with van der Waals surface area (Å²) in [5, 5.41) is 0. The molecule has 1 aromatic carbocycles. The lowest BCUT2D eigenvalue weighted by Gasteiger charge is -2.20. The first kappa shape index (κ1) is 30.6. The molecule has 1 aliphatic rings. The van der Waals surface area contributed by atoms with Gasteiger partial charge in [0.25, 0.3) is 0 Å². The molecule has 1 fully saturated rings. The number of rotatable bonds is 18. The van der Waals surface area contributed by atoms with Gasteiger partial charge in [-0.25, -0.2) is 0 Å². The summed E-state index contributed by atoms with van der Waals surface area (Å²) in [6, 6.07) is 5.64. The molecule has 0 saturated carbocycles. The highest BCUT2D eigenvalue weighted by molar-refractivity contribution is 8.77. The van der Waals surface area contributed by atoms with Gasteiger partial charge in [0.05, 0.1) is 7.11 Å². The fourth-order valence-corrected chi connectivity index (χ4v) is 7.29. The van der Waals surface area contributed by atoms with E-state index in [0.29, 0.717) is 53.6 Å². The molecule has 202 valence electrons. The highest BCUT2D eigenvalue weighted by atomic mass is 33.1. The van der Waals surface area contributed by atoms with Gasteiger partial charge in [-0.05, 0) is 75.5 Å². The molecule has 1 atom stereocenters. The average molecular weight is 537 g/mol. The standard InChI is InChI=1S/C29H44O5S2/c1-23(2)11-7-5-6-8-12-25(30)16-14-24-15-17-26(27(21-24)32-4)33-22-34-28(31)13-9-10-18-29(3)19-20-35-36-29/h7,11,15,17,21,23H,5-6,8-10,12-14,16,18-20,22H2,1-4H3/b11-7+/t29-/m1/s1. The number of aryl methyl sites for hydroxylation is 1. The Morgan fingerprint density at radius 3 is 2.61 bits per heavy atom. The van der Waals surface area contributed by atoms with Gasteiger partial charge in [0, 0.05) is 29.8 Å². The number of ketones is 1. The number of methoxy groups -OCH3 is 1. The summed E-state index contributed by atoms with van der Waals surface area (Å²) >= 11 is 0. The highest BCUT2D eigenvalue weighted by Gasteiger charge is 2.29. The predicted octanol–water partition coefficient (Wildman–Crippen LogP) is 7.95. The van der Waals surface area contributed by atoms with Crippen molar-refractivity contribution < 1.29 is 23.8 Å². The van der Waals surface area contributed by atoms with Crippen molar-refractivity contribution in [1.82, 2.24) is 0 Å². The van der Waals surface area contributed by atoms with Gasteiger partial charge in [0.2, 0.25) is 6.79 Å². The monoisotopic (exact) mass is 536 g/mol. The Balaban J connectivity index is 1.62. The van der Waals surface area contributed by atoms with E-state index in [9.17, 15) is 9.59 Å². The number of esters is 1. The lowest BCUT2D eigenvalue weighted by Crippen LogP contribution is -2.16. The highest BCUT2D eigenvalue weighted by Crippen LogP contribution is 2.49. The fourth-order valence-electron chi connectivity index (χ4n) is 4.00. The number of hydrogen-bond donors (Lipinski definition) is 0. The lowest BCUT2D eigenvalue weighted by molar-refractivity contribution is -0.150. The minimum atomic E-state index is -0.237. The number of benzene rings is 1. The van der Waals surface area contributed by atoms with Crippen molar-refractivity contribution in [3.05, 3.63) is 35.9 Å². The Morgan fingerprint density at radius 1 is 1.08 bits per heavy atom. The van der Waals surface area contributed by atoms with E-state index in [0.717, 1.165) is 44.1 Å². The molecule has 0 aromatic heterocycles. The minimum absolute atomic E-state index is 0.135. The maximum atomic E-state index is 12.2. The Bertz CT molecular complexity index is 831. The van der Waals surface area contributed by atoms with E-state index >= 15 is 0 Å². The lowest BCUT2D eigenvalue weighted by atomic mass is 9.99. The Morgan fingerprint density at radius 2 is 1.89 bits per heavy atom. The predicted molar refractivity (Wildman–Crippen MR) is 152 cm³/mol. The first-order chi connectivity index (χ1) is 17.3. The van der Waals surface area contributed by atoms with E-state index in [4.69, 9.17) is 14.2 Å². The number of Topliss-reactive ketones (excluding diaryl/α,β-unsaturated/α-hetero) is 1. The van der Waals surface area contributed by atoms with Gasteiger partial charge in [0.1, 0.15) is 5.78 Å². The summed E-state index contributed by atoms with van der Waals surface area (Å²) in [4.78, 5) is 24.3. The van der Waals surface area contributed by atoms with Gasteiger partial charge in [-0.3, -0.25) is 9.59 Å². The van der Waals surface area contributed by atoms with Crippen molar-refractivity contribution in [2.45, 2.75) is 96.1 Å². The zero-order valence-corrected chi connectivity index (χ0v) is 24.1. The molecule has 1 saturated heterocycles. The summed E-state index contributed by atoms with van der Waals surface area (Å²) in [6.45, 7) is 6.52. The zero-order chi connectivity index (χ0) is 26.2. The van der Waals surface area contributed by atoms with Crippen LogP contribution in [0.4, 0.5) is 0 Å². The molecule has 1 aliphatic heterocycles. The molecule has 1 aromatic rings. The largest absolute Gasteiger partial charge is 0.493 e. The third kappa shape index (κ3) is 12.6. The minimum Gasteiger partial charge on any atom is -0.493 e. The first-order valence-corrected chi connectivity index (χ1v) is 15.6. The van der Waals surface area contributed by atoms with Crippen LogP contribution in [-0.2, 0) is 20.7 Å². The van der Waals surface area contributed by atoms with Gasteiger partial charge in [-0.1, -0.05) is 60.1 Å². The molecule has 0 bridgehead atoms. The molecule has 0 spiro atoms. The first-order valence-electron chi connectivity index (χ1n) is 13.3. The molecule has 0 unspecified atom stereocenters. The molecule has 0 amide bonds. The summed E-state index contributed by atoms with van der Waals surface area (Å²) in [6.07, 6.45) is 14.0. The van der Waals surface area contributed by atoms with Crippen LogP contribution in [0.2, 0.25) is 0 Å². The number of unbranched alkanes of at least 4 members (excludes halogenated alkanes) is 3. The van der Waals surface area contributed by atoms with Crippen molar-refractivity contribution in [3.8, 4) is 11.5 Å². The second-order valence-corrected chi connectivity index (χ2v) is 13.0. The van der Waals surface area contributed by atoms with E-state index < -0.39 is 0 Å². The van der Waals surface area contributed by atoms with E-state index in [-0.39, 0.29) is 12.8 Å². The van der Waals surface area contributed by atoms with Crippen molar-refractivity contribution >= 4 is 33.3 Å². The van der Waals surface area contributed by atoms with Crippen LogP contribution < -0.4 is 9.47 Å². The van der Waals surface area contributed by atoms with Crippen molar-refractivity contribution in [3.63, 3.8) is 0 Å². The molecule has 2 rings (SSSR count). The molecule has 0 N–H and O–H groups in total. The van der Waals surface area contributed by atoms with Crippen molar-refractivity contribution in [2.75, 3.05) is 19.7 Å². The summed E-state index contributed by atoms with van der Waals surface area (Å²) in [5.41, 5.74) is 1.02. The summed E-state index contributed by atoms with van der Waals surface area (Å²) in [7, 11) is 5.51. The Labute approximate surface area is 225 Å². The third-order valence-corrected chi connectivity index (χ3v) is 9.62. The van der Waals surface area contributed by atoms with Gasteiger partial charge in [-0.2, -0.15) is 0 Å². The SMILES string of the molecule is COc1cc(CCC(=O)CCCC/C=C/C(C)C)ccc1OCOC(=O)CCCC[C@]1(C)CCSS1. The van der Waals surface area contributed by atoms with Crippen LogP contribution in [0.15, 0.2) is 30.4 Å². The second-order valence-electron chi connectivity index (χ2n) is 10.0. The average Bonchev–Trinajstić information content (AvgIpc) is 3.29. The van der Waals surface area contributed by atoms with Crippen LogP contribution in [-0.4, -0.2) is 36.2 Å². The number of carbonyl (C=O) groups excluding carboxylic acids is 2. The van der Waals surface area contributed by atoms with E-state index in [1.165, 1.54) is 12.2 Å². The molecular weight excluding hydrogens is 492 g/mol. The number of ether oxygens (including phenoxy) is 3. The van der Waals surface area contributed by atoms with Crippen LogP contribution in [0.3, 0.4) is 0 Å². The molecule has 1 heterocycles. The molecule has 0 radical (unpaired) electrons. The van der Waals surface area contributed by atoms with Crippen LogP contribution >= 0.6 is 21.6 Å². The summed E-state index contributed by atoms with van der Waals surface area (Å²) < 4.78 is 16.7. The third-order valence-electron chi connectivity index (χ3n) is 6.26. The Kier molecular flexibility index (Phi) is 14.5. The van der Waals surface area contributed by atoms with Gasteiger partial charge in [0.15, 0.2) is 11.5 Å². The van der Waals surface area contributed by atoms with Crippen LogP contribution in [0, 0.1) is 5.92 Å². The van der Waals surface area contributed by atoms with Crippen molar-refractivity contribution in [2.24, 2.45) is 5.92 Å². The number of carbonyl (C=O) groups is 2. The quantitative estimate of drug-likeness (QED) is 0.0620. The molecule has 36 heavy (non-hydrogen) atoms. The van der Waals surface area contributed by atoms with Gasteiger partial charge in [-0.15, -0.1) is 0 Å². The summed E-state index contributed by atoms with van der Waals surface area (Å²) in [5.74, 6) is 2.97. The smallest absolute Gasteiger partial charge is 0.308 e. The van der Waals surface area contributed by atoms with E-state index in [1.807, 2.05) is 39.8 Å². The second kappa shape index (κ2) is 17.0. The molecule has 7 heteroatoms. The zero-order valence-electron chi connectivity index (χ0n) is 22.5. The number of allylic oxidation sites excluding steroid dienone is 2. The topological polar surface area (TPSA) is 61.8 Å². The Hall–Kier alpha value is -1.60. The van der Waals surface area contributed by atoms with Crippen LogP contribution in [0.25, 0.3) is 0 Å². The van der Waals surface area contributed by atoms with Crippen LogP contribution in [0.1, 0.15) is 90.5 Å². The molecule has 5 nitrogen and oxygen atoms in total. The fraction of sp³-hybridized carbons (Fsp3) is 0.655. The van der Waals surface area contributed by atoms with Crippen LogP contribution in [0.5, 0.6) is 11.5 Å². The van der Waals surface area contributed by atoms with Gasteiger partial charge < -0.3 is 14.2 Å².